The van der Waals surface area contributed by atoms with Crippen molar-refractivity contribution in [2.45, 2.75) is 6.42 Å². The van der Waals surface area contributed by atoms with Gasteiger partial charge in [-0.25, -0.2) is 5.43 Å². The standard InChI is InChI=1S/C15H12N4O3/c16-8-7-11-3-5-12(6-4-11)18-14(20)15(21)19-17-10-13-2-1-9-22-13/h1-6,9-10H,7H2,(H,18,20)(H,19,21)/b17-10-. The number of nitrogens with zero attached hydrogens (tertiary/aromatic N) is 2. The van der Waals surface area contributed by atoms with Crippen molar-refractivity contribution in [3.05, 3.63) is 54.0 Å². The van der Waals surface area contributed by atoms with Crippen LogP contribution in [-0.4, -0.2) is 18.0 Å². The van der Waals surface area contributed by atoms with E-state index in [1.54, 1.807) is 36.4 Å². The smallest absolute Gasteiger partial charge is 0.329 e. The molecule has 0 aliphatic heterocycles. The molecule has 2 amide bonds. The first-order chi connectivity index (χ1) is 10.7. The topological polar surface area (TPSA) is 107 Å². The second kappa shape index (κ2) is 7.40. The third kappa shape index (κ3) is 4.31. The number of hydrazone groups is 1. The molecule has 0 atom stereocenters. The molecule has 0 radical (unpaired) electrons. The van der Waals surface area contributed by atoms with E-state index < -0.39 is 11.8 Å². The van der Waals surface area contributed by atoms with E-state index in [-0.39, 0.29) is 6.42 Å². The highest BCUT2D eigenvalue weighted by Gasteiger charge is 2.12. The van der Waals surface area contributed by atoms with Crippen LogP contribution in [0.1, 0.15) is 11.3 Å². The first-order valence-electron chi connectivity index (χ1n) is 6.33. The van der Waals surface area contributed by atoms with Gasteiger partial charge in [0.2, 0.25) is 0 Å². The van der Waals surface area contributed by atoms with Crippen LogP contribution in [0.5, 0.6) is 0 Å². The minimum atomic E-state index is -0.899. The zero-order valence-electron chi connectivity index (χ0n) is 11.4. The van der Waals surface area contributed by atoms with E-state index in [1.165, 1.54) is 12.5 Å². The van der Waals surface area contributed by atoms with Gasteiger partial charge in [-0.1, -0.05) is 12.1 Å². The van der Waals surface area contributed by atoms with Gasteiger partial charge >= 0.3 is 11.8 Å². The maximum atomic E-state index is 11.6. The molecule has 0 saturated carbocycles. The third-order valence-corrected chi connectivity index (χ3v) is 2.60. The minimum absolute atomic E-state index is 0.288. The third-order valence-electron chi connectivity index (χ3n) is 2.60. The zero-order chi connectivity index (χ0) is 15.8. The Morgan fingerprint density at radius 2 is 2.00 bits per heavy atom. The van der Waals surface area contributed by atoms with Crippen LogP contribution in [-0.2, 0) is 16.0 Å². The molecular formula is C15H12N4O3. The van der Waals surface area contributed by atoms with Gasteiger partial charge in [0.1, 0.15) is 5.76 Å². The summed E-state index contributed by atoms with van der Waals surface area (Å²) in [5.41, 5.74) is 3.37. The average molecular weight is 296 g/mol. The fraction of sp³-hybridized carbons (Fsp3) is 0.0667. The Morgan fingerprint density at radius 1 is 1.23 bits per heavy atom. The number of furan rings is 1. The highest BCUT2D eigenvalue weighted by atomic mass is 16.3. The molecule has 0 bridgehead atoms. The number of nitriles is 1. The highest BCUT2D eigenvalue weighted by Crippen LogP contribution is 2.09. The fourth-order valence-corrected chi connectivity index (χ4v) is 1.56. The number of amides is 2. The van der Waals surface area contributed by atoms with Gasteiger partial charge in [-0.15, -0.1) is 0 Å². The highest BCUT2D eigenvalue weighted by molar-refractivity contribution is 6.39. The molecular weight excluding hydrogens is 284 g/mol. The summed E-state index contributed by atoms with van der Waals surface area (Å²) < 4.78 is 4.98. The van der Waals surface area contributed by atoms with Crippen LogP contribution in [0.2, 0.25) is 0 Å². The SMILES string of the molecule is N#CCc1ccc(NC(=O)C(=O)N/N=C\c2ccco2)cc1. The van der Waals surface area contributed by atoms with Crippen molar-refractivity contribution in [2.24, 2.45) is 5.10 Å². The Hall–Kier alpha value is -3.40. The van der Waals surface area contributed by atoms with Crippen LogP contribution in [0.4, 0.5) is 5.69 Å². The summed E-state index contributed by atoms with van der Waals surface area (Å²) >= 11 is 0. The van der Waals surface area contributed by atoms with Crippen LogP contribution < -0.4 is 10.7 Å². The number of nitrogens with one attached hydrogen (secondary N) is 2. The number of benzene rings is 1. The van der Waals surface area contributed by atoms with E-state index in [9.17, 15) is 9.59 Å². The minimum Gasteiger partial charge on any atom is -0.463 e. The quantitative estimate of drug-likeness (QED) is 0.505. The molecule has 1 aromatic heterocycles. The number of carbonyl (C=O) groups excluding carboxylic acids is 2. The lowest BCUT2D eigenvalue weighted by atomic mass is 10.1. The fourth-order valence-electron chi connectivity index (χ4n) is 1.56. The van der Waals surface area contributed by atoms with Gasteiger partial charge in [-0.05, 0) is 29.8 Å². The van der Waals surface area contributed by atoms with Crippen LogP contribution >= 0.6 is 0 Å². The van der Waals surface area contributed by atoms with Gasteiger partial charge in [0.25, 0.3) is 0 Å². The van der Waals surface area contributed by atoms with Crippen LogP contribution in [0.15, 0.2) is 52.2 Å². The van der Waals surface area contributed by atoms with E-state index in [4.69, 9.17) is 9.68 Å². The molecule has 2 N–H and O–H groups in total. The Morgan fingerprint density at radius 3 is 2.64 bits per heavy atom. The van der Waals surface area contributed by atoms with E-state index in [0.717, 1.165) is 5.56 Å². The van der Waals surface area contributed by atoms with Crippen molar-refractivity contribution in [3.63, 3.8) is 0 Å². The number of carbonyl (C=O) groups is 2. The van der Waals surface area contributed by atoms with Crippen molar-refractivity contribution in [1.29, 1.82) is 5.26 Å². The van der Waals surface area contributed by atoms with Crippen LogP contribution in [0.3, 0.4) is 0 Å². The summed E-state index contributed by atoms with van der Waals surface area (Å²) in [4.78, 5) is 23.2. The Kier molecular flexibility index (Phi) is 5.04. The molecule has 0 saturated heterocycles. The lowest BCUT2D eigenvalue weighted by molar-refractivity contribution is -0.136. The average Bonchev–Trinajstić information content (AvgIpc) is 3.02. The van der Waals surface area contributed by atoms with Crippen LogP contribution in [0, 0.1) is 11.3 Å². The second-order valence-corrected chi connectivity index (χ2v) is 4.20. The van der Waals surface area contributed by atoms with Crippen molar-refractivity contribution in [2.75, 3.05) is 5.32 Å². The molecule has 0 aliphatic rings. The van der Waals surface area contributed by atoms with Crippen molar-refractivity contribution < 1.29 is 14.0 Å². The van der Waals surface area contributed by atoms with Gasteiger partial charge in [0.05, 0.1) is 25.0 Å². The lowest BCUT2D eigenvalue weighted by Gasteiger charge is -2.04. The van der Waals surface area contributed by atoms with Gasteiger partial charge < -0.3 is 9.73 Å². The molecule has 1 heterocycles. The van der Waals surface area contributed by atoms with Crippen molar-refractivity contribution in [3.8, 4) is 6.07 Å². The Balaban J connectivity index is 1.85. The Labute approximate surface area is 126 Å². The number of rotatable bonds is 4. The van der Waals surface area contributed by atoms with Crippen LogP contribution in [0.25, 0.3) is 0 Å². The van der Waals surface area contributed by atoms with E-state index in [0.29, 0.717) is 11.4 Å². The molecule has 0 unspecified atom stereocenters. The molecule has 2 rings (SSSR count). The van der Waals surface area contributed by atoms with Crippen molar-refractivity contribution in [1.82, 2.24) is 5.43 Å². The molecule has 2 aromatic rings. The van der Waals surface area contributed by atoms with E-state index >= 15 is 0 Å². The molecule has 7 nitrogen and oxygen atoms in total. The molecule has 1 aromatic carbocycles. The summed E-state index contributed by atoms with van der Waals surface area (Å²) in [7, 11) is 0. The molecule has 110 valence electrons. The summed E-state index contributed by atoms with van der Waals surface area (Å²) in [6, 6.07) is 12.0. The second-order valence-electron chi connectivity index (χ2n) is 4.20. The van der Waals surface area contributed by atoms with Crippen molar-refractivity contribution >= 4 is 23.7 Å². The largest absolute Gasteiger partial charge is 0.463 e. The molecule has 0 spiro atoms. The van der Waals surface area contributed by atoms with E-state index in [1.807, 2.05) is 6.07 Å². The van der Waals surface area contributed by atoms with Gasteiger partial charge in [-0.2, -0.15) is 10.4 Å². The summed E-state index contributed by atoms with van der Waals surface area (Å²) in [6.45, 7) is 0. The lowest BCUT2D eigenvalue weighted by Crippen LogP contribution is -2.32. The normalized spacial score (nSPS) is 10.1. The maximum Gasteiger partial charge on any atom is 0.329 e. The predicted octanol–water partition coefficient (Wildman–Crippen LogP) is 1.43. The Bertz CT molecular complexity index is 712. The number of hydrogen-bond donors (Lipinski definition) is 2. The van der Waals surface area contributed by atoms with E-state index in [2.05, 4.69) is 15.8 Å². The molecule has 7 heteroatoms. The number of anilines is 1. The first kappa shape index (κ1) is 15.0. The molecule has 0 aliphatic carbocycles. The monoisotopic (exact) mass is 296 g/mol. The van der Waals surface area contributed by atoms with Gasteiger partial charge in [-0.3, -0.25) is 9.59 Å². The summed E-state index contributed by atoms with van der Waals surface area (Å²) in [6.07, 6.45) is 3.03. The summed E-state index contributed by atoms with van der Waals surface area (Å²) in [5.74, 6) is -1.29. The van der Waals surface area contributed by atoms with Gasteiger partial charge in [0.15, 0.2) is 0 Å². The molecule has 0 fully saturated rings. The van der Waals surface area contributed by atoms with Gasteiger partial charge in [0, 0.05) is 5.69 Å². The number of hydrogen-bond acceptors (Lipinski definition) is 5. The summed E-state index contributed by atoms with van der Waals surface area (Å²) in [5, 5.41) is 14.6. The molecule has 22 heavy (non-hydrogen) atoms. The first-order valence-corrected chi connectivity index (χ1v) is 6.33. The maximum absolute atomic E-state index is 11.6. The zero-order valence-corrected chi connectivity index (χ0v) is 11.4. The predicted molar refractivity (Wildman–Crippen MR) is 78.8 cm³/mol.